The zero-order chi connectivity index (χ0) is 66.2. The summed E-state index contributed by atoms with van der Waals surface area (Å²) in [6, 6.07) is 115. The van der Waals surface area contributed by atoms with Gasteiger partial charge < -0.3 is 8.80 Å². The van der Waals surface area contributed by atoms with Crippen LogP contribution in [0, 0.1) is 0 Å². The second-order valence-corrected chi connectivity index (χ2v) is 27.5. The fraction of sp³-hybridized carbons (Fsp3) is 0. The summed E-state index contributed by atoms with van der Waals surface area (Å²) in [6.07, 6.45) is 0. The quantitative estimate of drug-likeness (QED) is 0.166. The Kier molecular flexibility index (Phi) is 10.6. The van der Waals surface area contributed by atoms with Gasteiger partial charge in [0.15, 0.2) is 11.6 Å². The zero-order valence-corrected chi connectivity index (χ0v) is 54.6. The second kappa shape index (κ2) is 19.9. The van der Waals surface area contributed by atoms with Crippen molar-refractivity contribution in [3.8, 4) is 56.7 Å². The summed E-state index contributed by atoms with van der Waals surface area (Å²) < 4.78 is 9.93. The number of benzene rings is 16. The van der Waals surface area contributed by atoms with E-state index >= 15 is 0 Å². The predicted octanol–water partition coefficient (Wildman–Crippen LogP) is 24.2. The van der Waals surface area contributed by atoms with Crippen LogP contribution in [0.15, 0.2) is 315 Å². The average molecular weight is 1290 g/mol. The van der Waals surface area contributed by atoms with Crippen LogP contribution in [-0.2, 0) is 0 Å². The van der Waals surface area contributed by atoms with Gasteiger partial charge in [-0.2, -0.15) is 0 Å². The van der Waals surface area contributed by atoms with Gasteiger partial charge in [-0.05, 0) is 146 Å². The van der Waals surface area contributed by atoms with E-state index in [9.17, 15) is 0 Å². The number of hydrogen-bond acceptors (Lipinski definition) is 4. The molecule has 0 aliphatic heterocycles. The van der Waals surface area contributed by atoms with E-state index in [2.05, 4.69) is 333 Å². The molecule has 16 aromatic carbocycles. The molecule has 102 heavy (non-hydrogen) atoms. The van der Waals surface area contributed by atoms with Gasteiger partial charge in [0, 0.05) is 86.5 Å². The molecule has 0 N–H and O–H groups in total. The van der Waals surface area contributed by atoms with Crippen molar-refractivity contribution in [3.05, 3.63) is 315 Å². The molecule has 0 saturated carbocycles. The number of para-hydroxylation sites is 5. The van der Waals surface area contributed by atoms with Gasteiger partial charge in [0.05, 0.1) is 66.2 Å². The highest BCUT2D eigenvalue weighted by molar-refractivity contribution is 6.38. The second-order valence-electron chi connectivity index (χ2n) is 27.5. The molecule has 24 aromatic rings. The van der Waals surface area contributed by atoms with E-state index in [-0.39, 0.29) is 0 Å². The van der Waals surface area contributed by atoms with Gasteiger partial charge in [0.1, 0.15) is 11.6 Å². The number of rotatable bonds is 6. The van der Waals surface area contributed by atoms with Crippen molar-refractivity contribution in [3.63, 3.8) is 0 Å². The van der Waals surface area contributed by atoms with Crippen LogP contribution in [0.2, 0.25) is 0 Å². The molecule has 8 heterocycles. The lowest BCUT2D eigenvalue weighted by atomic mass is 9.96. The molecule has 8 heteroatoms. The van der Waals surface area contributed by atoms with Gasteiger partial charge >= 0.3 is 0 Å². The Morgan fingerprint density at radius 1 is 0.196 bits per heavy atom. The summed E-state index contributed by atoms with van der Waals surface area (Å²) in [6.45, 7) is 0. The van der Waals surface area contributed by atoms with Gasteiger partial charge in [0.2, 0.25) is 0 Å². The number of aromatic nitrogens is 8. The maximum atomic E-state index is 5.89. The first-order valence-electron chi connectivity index (χ1n) is 34.9. The number of nitrogens with zero attached hydrogens (tertiary/aromatic N) is 8. The molecule has 0 unspecified atom stereocenters. The molecular formula is C94H52N8. The van der Waals surface area contributed by atoms with E-state index in [4.69, 9.17) is 19.9 Å². The molecule has 0 aliphatic rings. The Morgan fingerprint density at radius 2 is 0.608 bits per heavy atom. The normalized spacial score (nSPS) is 12.5. The summed E-state index contributed by atoms with van der Waals surface area (Å²) >= 11 is 0. The lowest BCUT2D eigenvalue weighted by molar-refractivity contribution is 1.08. The highest BCUT2D eigenvalue weighted by atomic mass is 15.1. The summed E-state index contributed by atoms with van der Waals surface area (Å²) in [5.41, 5.74) is 19.7. The Morgan fingerprint density at radius 3 is 1.24 bits per heavy atom. The predicted molar refractivity (Wildman–Crippen MR) is 425 cm³/mol. The monoisotopic (exact) mass is 1290 g/mol. The molecule has 0 amide bonds. The molecule has 0 fully saturated rings. The van der Waals surface area contributed by atoms with Crippen molar-refractivity contribution in [2.24, 2.45) is 0 Å². The Bertz CT molecular complexity index is 7820. The largest absolute Gasteiger partial charge is 0.308 e. The van der Waals surface area contributed by atoms with Crippen molar-refractivity contribution in [2.75, 3.05) is 0 Å². The smallest absolute Gasteiger partial charge is 0.162 e. The van der Waals surface area contributed by atoms with E-state index < -0.39 is 0 Å². The third kappa shape index (κ3) is 7.18. The molecule has 0 radical (unpaired) electrons. The minimum atomic E-state index is 0.667. The fourth-order valence-electron chi connectivity index (χ4n) is 18.0. The van der Waals surface area contributed by atoms with Gasteiger partial charge in [-0.3, -0.25) is 9.13 Å². The van der Waals surface area contributed by atoms with Crippen LogP contribution in [0.5, 0.6) is 0 Å². The number of fused-ring (bicyclic) bond motifs is 27. The van der Waals surface area contributed by atoms with Crippen LogP contribution in [0.1, 0.15) is 0 Å². The lowest BCUT2D eigenvalue weighted by Gasteiger charge is -2.15. The van der Waals surface area contributed by atoms with E-state index in [0.29, 0.717) is 11.6 Å². The average Bonchev–Trinajstić information content (AvgIpc) is 1.52. The van der Waals surface area contributed by atoms with Crippen molar-refractivity contribution >= 4 is 174 Å². The Balaban J connectivity index is 0.732. The van der Waals surface area contributed by atoms with Crippen LogP contribution in [0.4, 0.5) is 0 Å². The maximum absolute atomic E-state index is 5.89. The van der Waals surface area contributed by atoms with Gasteiger partial charge in [-0.1, -0.05) is 224 Å². The minimum Gasteiger partial charge on any atom is -0.308 e. The third-order valence-corrected chi connectivity index (χ3v) is 22.3. The first-order valence-corrected chi connectivity index (χ1v) is 34.9. The summed E-state index contributed by atoms with van der Waals surface area (Å²) in [7, 11) is 0. The Labute approximate surface area is 580 Å². The van der Waals surface area contributed by atoms with Crippen LogP contribution in [-0.4, -0.2) is 37.9 Å². The SMILES string of the molecule is c1ccc(-c2cccc(-c3nc(-n4c5ccc6ccccc6c5c5cc6c7cc(-c8ccc9cccc(-c%10nc(-n%11c%12ccc%13ccccc%13c%12c%12cc%13c%14ccccc%14n%14c%15ccccc%15c(c%12%11)c%13%14)c%11ccccc%11n%10)c9c8)ccc7n7c8ccccc8c(c54)c67)c4ccccc4n3)c2)cc1. The maximum Gasteiger partial charge on any atom is 0.162 e. The minimum absolute atomic E-state index is 0.667. The van der Waals surface area contributed by atoms with E-state index in [1.54, 1.807) is 0 Å². The topological polar surface area (TPSA) is 70.2 Å². The molecule has 0 saturated heterocycles. The lowest BCUT2D eigenvalue weighted by Crippen LogP contribution is -2.03. The van der Waals surface area contributed by atoms with Gasteiger partial charge in [-0.15, -0.1) is 0 Å². The highest BCUT2D eigenvalue weighted by Crippen LogP contribution is 2.52. The molecule has 0 bridgehead atoms. The van der Waals surface area contributed by atoms with Gasteiger partial charge in [-0.25, -0.2) is 19.9 Å². The van der Waals surface area contributed by atoms with Crippen molar-refractivity contribution in [1.29, 1.82) is 0 Å². The van der Waals surface area contributed by atoms with Crippen molar-refractivity contribution < 1.29 is 0 Å². The molecule has 0 atom stereocenters. The van der Waals surface area contributed by atoms with Crippen LogP contribution in [0.3, 0.4) is 0 Å². The van der Waals surface area contributed by atoms with Crippen LogP contribution >= 0.6 is 0 Å². The first-order chi connectivity index (χ1) is 50.6. The van der Waals surface area contributed by atoms with Crippen molar-refractivity contribution in [1.82, 2.24) is 37.9 Å². The molecule has 468 valence electrons. The standard InChI is InChI=1S/C94H52N8/c1-2-20-53(21-3-1)57-25-18-26-60(48-57)91-95-75-35-13-8-30-65(75)93(97-91)101-81-46-42-55-23-5-7-28-62(55)84(81)74-52-72-70-50-59(44-45-80(70)100-79-39-17-12-33-68(79)86(88(72)100)90(74)101)58-41-40-56-24-19-34-64(69(56)49-58)92-96-76-36-14-9-31-66(76)94(98-92)102-82-47-43-54-22-4-6-27-61(54)83(82)73-51-71-63-29-10-15-37-77(63)99-78-38-16-11-32-67(78)85(87(71)99)89(73)102/h1-52H. The molecule has 8 aromatic heterocycles. The molecule has 0 spiro atoms. The first kappa shape index (κ1) is 54.2. The fourth-order valence-corrected chi connectivity index (χ4v) is 18.0. The third-order valence-electron chi connectivity index (χ3n) is 22.3. The number of hydrogen-bond donors (Lipinski definition) is 0. The van der Waals surface area contributed by atoms with Crippen LogP contribution in [0.25, 0.3) is 231 Å². The summed E-state index contributed by atoms with van der Waals surface area (Å²) in [4.78, 5) is 22.5. The summed E-state index contributed by atoms with van der Waals surface area (Å²) in [5.74, 6) is 3.03. The van der Waals surface area contributed by atoms with E-state index in [0.717, 1.165) is 111 Å². The Hall–Kier alpha value is -13.8. The molecule has 0 aliphatic carbocycles. The molecule has 24 rings (SSSR count). The summed E-state index contributed by atoms with van der Waals surface area (Å²) in [5, 5.41) is 23.4. The van der Waals surface area contributed by atoms with Gasteiger partial charge in [0.25, 0.3) is 0 Å². The molecular weight excluding hydrogens is 1240 g/mol. The van der Waals surface area contributed by atoms with Crippen molar-refractivity contribution in [2.45, 2.75) is 0 Å². The van der Waals surface area contributed by atoms with E-state index in [1.165, 1.54) is 108 Å². The zero-order valence-electron chi connectivity index (χ0n) is 54.6. The molecule has 8 nitrogen and oxygen atoms in total. The van der Waals surface area contributed by atoms with E-state index in [1.807, 2.05) is 0 Å². The highest BCUT2D eigenvalue weighted by Gasteiger charge is 2.30. The van der Waals surface area contributed by atoms with Crippen LogP contribution < -0.4 is 0 Å².